The molecule has 0 radical (unpaired) electrons. The number of ether oxygens (including phenoxy) is 2. The fraction of sp³-hybridized carbons (Fsp3) is 0.263. The Balaban J connectivity index is 1.93. The van der Waals surface area contributed by atoms with E-state index in [1.165, 1.54) is 6.92 Å². The third-order valence-corrected chi connectivity index (χ3v) is 3.90. The second kappa shape index (κ2) is 9.68. The first-order valence-electron chi connectivity index (χ1n) is 8.21. The van der Waals surface area contributed by atoms with Crippen molar-refractivity contribution in [3.8, 4) is 11.5 Å². The predicted molar refractivity (Wildman–Crippen MR) is 106 cm³/mol. The van der Waals surface area contributed by atoms with E-state index in [9.17, 15) is 9.59 Å². The van der Waals surface area contributed by atoms with Crippen molar-refractivity contribution < 1.29 is 19.1 Å². The van der Waals surface area contributed by atoms with Crippen molar-refractivity contribution in [2.45, 2.75) is 13.5 Å². The Morgan fingerprint density at radius 1 is 1.00 bits per heavy atom. The standard InChI is InChI=1S/C19H22ClN3O4/c1-12(24)23-15-6-5-14(20)9-16(15)21-11-19(25)22-10-13-4-7-17(26-2)18(8-13)27-3/h4-9,21H,10-11H2,1-3H3,(H,22,25)(H,23,24). The lowest BCUT2D eigenvalue weighted by molar-refractivity contribution is -0.119. The van der Waals surface area contributed by atoms with E-state index in [4.69, 9.17) is 21.1 Å². The summed E-state index contributed by atoms with van der Waals surface area (Å²) in [5.74, 6) is 0.804. The monoisotopic (exact) mass is 391 g/mol. The van der Waals surface area contributed by atoms with Gasteiger partial charge in [-0.05, 0) is 35.9 Å². The largest absolute Gasteiger partial charge is 0.493 e. The fourth-order valence-corrected chi connectivity index (χ4v) is 2.56. The quantitative estimate of drug-likeness (QED) is 0.643. The first-order valence-corrected chi connectivity index (χ1v) is 8.59. The van der Waals surface area contributed by atoms with Gasteiger partial charge in [0.1, 0.15) is 0 Å². The summed E-state index contributed by atoms with van der Waals surface area (Å²) in [7, 11) is 3.12. The number of rotatable bonds is 8. The molecule has 2 aromatic rings. The van der Waals surface area contributed by atoms with Crippen molar-refractivity contribution in [1.82, 2.24) is 5.32 Å². The van der Waals surface area contributed by atoms with Crippen molar-refractivity contribution in [3.63, 3.8) is 0 Å². The maximum absolute atomic E-state index is 12.1. The average molecular weight is 392 g/mol. The summed E-state index contributed by atoms with van der Waals surface area (Å²) in [5, 5.41) is 8.98. The molecule has 0 aliphatic rings. The van der Waals surface area contributed by atoms with E-state index in [2.05, 4.69) is 16.0 Å². The number of carbonyl (C=O) groups is 2. The van der Waals surface area contributed by atoms with Gasteiger partial charge in [-0.2, -0.15) is 0 Å². The molecule has 0 atom stereocenters. The lowest BCUT2D eigenvalue weighted by atomic mass is 10.2. The number of nitrogens with one attached hydrogen (secondary N) is 3. The molecule has 0 bridgehead atoms. The Bertz CT molecular complexity index is 827. The highest BCUT2D eigenvalue weighted by Gasteiger charge is 2.09. The summed E-state index contributed by atoms with van der Waals surface area (Å²) in [4.78, 5) is 23.4. The number of anilines is 2. The van der Waals surface area contributed by atoms with Crippen LogP contribution < -0.4 is 25.4 Å². The topological polar surface area (TPSA) is 88.7 Å². The predicted octanol–water partition coefficient (Wildman–Crippen LogP) is 3.04. The van der Waals surface area contributed by atoms with Gasteiger partial charge in [0.25, 0.3) is 0 Å². The van der Waals surface area contributed by atoms with E-state index in [0.29, 0.717) is 34.4 Å². The van der Waals surface area contributed by atoms with E-state index in [-0.39, 0.29) is 18.4 Å². The number of methoxy groups -OCH3 is 2. The van der Waals surface area contributed by atoms with E-state index in [0.717, 1.165) is 5.56 Å². The molecule has 3 N–H and O–H groups in total. The van der Waals surface area contributed by atoms with Crippen molar-refractivity contribution in [2.75, 3.05) is 31.4 Å². The lowest BCUT2D eigenvalue weighted by Crippen LogP contribution is -2.29. The Morgan fingerprint density at radius 3 is 2.41 bits per heavy atom. The molecular formula is C19H22ClN3O4. The van der Waals surface area contributed by atoms with Crippen LogP contribution in [0.5, 0.6) is 11.5 Å². The molecule has 0 aliphatic carbocycles. The second-order valence-corrected chi connectivity index (χ2v) is 6.13. The van der Waals surface area contributed by atoms with Crippen LogP contribution in [-0.2, 0) is 16.1 Å². The molecule has 0 aliphatic heterocycles. The fourth-order valence-electron chi connectivity index (χ4n) is 2.39. The first kappa shape index (κ1) is 20.4. The zero-order chi connectivity index (χ0) is 19.8. The summed E-state index contributed by atoms with van der Waals surface area (Å²) in [6.07, 6.45) is 0. The average Bonchev–Trinajstić information content (AvgIpc) is 2.65. The Hall–Kier alpha value is -2.93. The summed E-state index contributed by atoms with van der Waals surface area (Å²) in [6, 6.07) is 10.4. The summed E-state index contributed by atoms with van der Waals surface area (Å²) < 4.78 is 10.4. The maximum Gasteiger partial charge on any atom is 0.239 e. The van der Waals surface area contributed by atoms with Gasteiger partial charge in [0, 0.05) is 18.5 Å². The molecule has 0 aromatic heterocycles. The van der Waals surface area contributed by atoms with Gasteiger partial charge in [0.05, 0.1) is 32.1 Å². The lowest BCUT2D eigenvalue weighted by Gasteiger charge is -2.13. The van der Waals surface area contributed by atoms with Gasteiger partial charge in [-0.1, -0.05) is 17.7 Å². The minimum atomic E-state index is -0.210. The molecule has 0 heterocycles. The van der Waals surface area contributed by atoms with Crippen LogP contribution in [0, 0.1) is 0 Å². The van der Waals surface area contributed by atoms with Crippen LogP contribution in [0.15, 0.2) is 36.4 Å². The van der Waals surface area contributed by atoms with Crippen molar-refractivity contribution in [2.24, 2.45) is 0 Å². The molecule has 0 saturated carbocycles. The number of hydrogen-bond acceptors (Lipinski definition) is 5. The van der Waals surface area contributed by atoms with Crippen LogP contribution in [0.2, 0.25) is 5.02 Å². The minimum Gasteiger partial charge on any atom is -0.493 e. The molecule has 2 rings (SSSR count). The zero-order valence-electron chi connectivity index (χ0n) is 15.4. The normalized spacial score (nSPS) is 10.1. The van der Waals surface area contributed by atoms with Crippen LogP contribution in [0.3, 0.4) is 0 Å². The zero-order valence-corrected chi connectivity index (χ0v) is 16.1. The van der Waals surface area contributed by atoms with Gasteiger partial charge in [0.2, 0.25) is 11.8 Å². The molecule has 0 saturated heterocycles. The van der Waals surface area contributed by atoms with Gasteiger partial charge in [-0.25, -0.2) is 0 Å². The third-order valence-electron chi connectivity index (χ3n) is 3.67. The van der Waals surface area contributed by atoms with Crippen LogP contribution >= 0.6 is 11.6 Å². The number of hydrogen-bond donors (Lipinski definition) is 3. The van der Waals surface area contributed by atoms with Crippen molar-refractivity contribution in [3.05, 3.63) is 47.0 Å². The van der Waals surface area contributed by atoms with Crippen LogP contribution in [0.4, 0.5) is 11.4 Å². The van der Waals surface area contributed by atoms with Gasteiger partial charge in [-0.3, -0.25) is 9.59 Å². The number of benzene rings is 2. The molecule has 0 spiro atoms. The summed E-state index contributed by atoms with van der Waals surface area (Å²) in [6.45, 7) is 1.78. The molecule has 27 heavy (non-hydrogen) atoms. The van der Waals surface area contributed by atoms with Crippen LogP contribution in [-0.4, -0.2) is 32.6 Å². The Kier molecular flexibility index (Phi) is 7.31. The van der Waals surface area contributed by atoms with Crippen LogP contribution in [0.1, 0.15) is 12.5 Å². The third kappa shape index (κ3) is 6.07. The molecule has 144 valence electrons. The van der Waals surface area contributed by atoms with Crippen LogP contribution in [0.25, 0.3) is 0 Å². The first-order chi connectivity index (χ1) is 12.9. The highest BCUT2D eigenvalue weighted by atomic mass is 35.5. The van der Waals surface area contributed by atoms with E-state index < -0.39 is 0 Å². The summed E-state index contributed by atoms with van der Waals surface area (Å²) in [5.41, 5.74) is 2.00. The van der Waals surface area contributed by atoms with Gasteiger partial charge < -0.3 is 25.4 Å². The van der Waals surface area contributed by atoms with E-state index in [1.54, 1.807) is 44.6 Å². The van der Waals surface area contributed by atoms with Gasteiger partial charge >= 0.3 is 0 Å². The Morgan fingerprint density at radius 2 is 1.74 bits per heavy atom. The number of halogens is 1. The molecular weight excluding hydrogens is 370 g/mol. The van der Waals surface area contributed by atoms with Gasteiger partial charge in [0.15, 0.2) is 11.5 Å². The van der Waals surface area contributed by atoms with Crippen molar-refractivity contribution >= 4 is 34.8 Å². The summed E-state index contributed by atoms with van der Waals surface area (Å²) >= 11 is 5.99. The maximum atomic E-state index is 12.1. The van der Waals surface area contributed by atoms with E-state index in [1.807, 2.05) is 6.07 Å². The number of carbonyl (C=O) groups excluding carboxylic acids is 2. The van der Waals surface area contributed by atoms with E-state index >= 15 is 0 Å². The smallest absolute Gasteiger partial charge is 0.239 e. The molecule has 7 nitrogen and oxygen atoms in total. The molecule has 2 aromatic carbocycles. The highest BCUT2D eigenvalue weighted by Crippen LogP contribution is 2.27. The second-order valence-electron chi connectivity index (χ2n) is 5.69. The molecule has 2 amide bonds. The van der Waals surface area contributed by atoms with Gasteiger partial charge in [-0.15, -0.1) is 0 Å². The molecule has 8 heteroatoms. The SMILES string of the molecule is COc1ccc(CNC(=O)CNc2cc(Cl)ccc2NC(C)=O)cc1OC. The Labute approximate surface area is 163 Å². The minimum absolute atomic E-state index is 0.0280. The van der Waals surface area contributed by atoms with Crippen molar-refractivity contribution in [1.29, 1.82) is 0 Å². The molecule has 0 fully saturated rings. The molecule has 0 unspecified atom stereocenters. The highest BCUT2D eigenvalue weighted by molar-refractivity contribution is 6.31. The number of amides is 2.